The van der Waals surface area contributed by atoms with E-state index in [9.17, 15) is 31.9 Å². The van der Waals surface area contributed by atoms with Crippen LogP contribution in [-0.4, -0.2) is 66.9 Å². The van der Waals surface area contributed by atoms with Crippen LogP contribution in [0.25, 0.3) is 0 Å². The van der Waals surface area contributed by atoms with Crippen LogP contribution in [0.5, 0.6) is 0 Å². The Morgan fingerprint density at radius 2 is 1.72 bits per heavy atom. The number of nitrogens with one attached hydrogen (secondary N) is 1. The fourth-order valence-corrected chi connectivity index (χ4v) is 3.74. The Balaban J connectivity index is 2.06. The third-order valence-corrected chi connectivity index (χ3v) is 5.88. The lowest BCUT2D eigenvalue weighted by molar-refractivity contribution is -0.137. The van der Waals surface area contributed by atoms with Gasteiger partial charge in [-0.05, 0) is 56.4 Å². The van der Waals surface area contributed by atoms with Gasteiger partial charge in [-0.2, -0.15) is 13.2 Å². The van der Waals surface area contributed by atoms with Crippen LogP contribution in [0.3, 0.4) is 0 Å². The number of rotatable bonds is 11. The van der Waals surface area contributed by atoms with Crippen LogP contribution in [0, 0.1) is 17.6 Å². The molecule has 0 unspecified atom stereocenters. The molecule has 2 amide bonds. The number of hydrogen-bond donors (Lipinski definition) is 2. The van der Waals surface area contributed by atoms with Crippen LogP contribution in [-0.2, 0) is 17.5 Å². The summed E-state index contributed by atoms with van der Waals surface area (Å²) in [5.41, 5.74) is -0.456. The third-order valence-electron chi connectivity index (χ3n) is 5.88. The molecule has 0 saturated carbocycles. The topological polar surface area (TPSA) is 65.0 Å². The van der Waals surface area contributed by atoms with Gasteiger partial charge in [0.2, 0.25) is 0 Å². The highest BCUT2D eigenvalue weighted by molar-refractivity contribution is 5.89. The van der Waals surface area contributed by atoms with E-state index in [-0.39, 0.29) is 36.9 Å². The van der Waals surface area contributed by atoms with Gasteiger partial charge in [-0.1, -0.05) is 6.92 Å². The zero-order chi connectivity index (χ0) is 27.0. The number of aliphatic hydroxyl groups is 1. The summed E-state index contributed by atoms with van der Waals surface area (Å²) < 4.78 is 71.5. The summed E-state index contributed by atoms with van der Waals surface area (Å²) in [5, 5.41) is 12.2. The summed E-state index contributed by atoms with van der Waals surface area (Å²) in [4.78, 5) is 16.1. The molecule has 0 aliphatic rings. The molecule has 0 bridgehead atoms. The van der Waals surface area contributed by atoms with Crippen LogP contribution in [0.1, 0.15) is 25.0 Å². The van der Waals surface area contributed by atoms with Crippen LogP contribution < -0.4 is 5.32 Å². The second-order valence-corrected chi connectivity index (χ2v) is 8.87. The molecule has 200 valence electrons. The Morgan fingerprint density at radius 3 is 2.28 bits per heavy atom. The van der Waals surface area contributed by atoms with E-state index < -0.39 is 41.6 Å². The first-order valence-corrected chi connectivity index (χ1v) is 11.4. The summed E-state index contributed by atoms with van der Waals surface area (Å²) >= 11 is 0. The maximum Gasteiger partial charge on any atom is 0.416 e. The van der Waals surface area contributed by atoms with Crippen molar-refractivity contribution in [3.05, 3.63) is 65.2 Å². The first kappa shape index (κ1) is 29.5. The zero-order valence-electron chi connectivity index (χ0n) is 20.6. The number of nitrogens with zero attached hydrogens (tertiary/aromatic N) is 2. The van der Waals surface area contributed by atoms with Gasteiger partial charge in [0.15, 0.2) is 0 Å². The molecule has 0 aromatic heterocycles. The number of halogens is 5. The quantitative estimate of drug-likeness (QED) is 0.413. The van der Waals surface area contributed by atoms with E-state index in [1.54, 1.807) is 18.9 Å². The van der Waals surface area contributed by atoms with Crippen LogP contribution >= 0.6 is 0 Å². The molecule has 6 nitrogen and oxygen atoms in total. The van der Waals surface area contributed by atoms with Gasteiger partial charge in [0, 0.05) is 43.9 Å². The normalized spacial score (nSPS) is 14.4. The Labute approximate surface area is 207 Å². The number of methoxy groups -OCH3 is 1. The molecule has 0 aliphatic heterocycles. The number of hydrogen-bond acceptors (Lipinski definition) is 4. The Kier molecular flexibility index (Phi) is 10.6. The number of carbonyl (C=O) groups excluding carboxylic acids is 1. The molecule has 0 saturated heterocycles. The van der Waals surface area contributed by atoms with Gasteiger partial charge in [0.05, 0.1) is 24.3 Å². The molecule has 3 atom stereocenters. The average Bonchev–Trinajstić information content (AvgIpc) is 2.82. The average molecular weight is 518 g/mol. The number of likely N-dealkylation sites (N-methyl/N-ethyl adjacent to an activating group) is 1. The number of ether oxygens (including phenoxy) is 1. The van der Waals surface area contributed by atoms with E-state index in [2.05, 4.69) is 5.32 Å². The largest absolute Gasteiger partial charge is 0.416 e. The number of alkyl halides is 3. The maximum atomic E-state index is 14.0. The van der Waals surface area contributed by atoms with E-state index in [0.29, 0.717) is 6.54 Å². The van der Waals surface area contributed by atoms with E-state index in [4.69, 9.17) is 4.74 Å². The number of anilines is 1. The molecule has 2 aromatic rings. The van der Waals surface area contributed by atoms with Gasteiger partial charge in [-0.3, -0.25) is 4.90 Å². The highest BCUT2D eigenvalue weighted by atomic mass is 19.4. The fraction of sp³-hybridized carbons (Fsp3) is 0.480. The van der Waals surface area contributed by atoms with Gasteiger partial charge < -0.3 is 20.1 Å². The van der Waals surface area contributed by atoms with Crippen molar-refractivity contribution < 1.29 is 36.6 Å². The van der Waals surface area contributed by atoms with Gasteiger partial charge in [-0.25, -0.2) is 13.6 Å². The van der Waals surface area contributed by atoms with Crippen molar-refractivity contribution in [1.29, 1.82) is 0 Å². The number of aliphatic hydroxyl groups excluding tert-OH is 1. The van der Waals surface area contributed by atoms with Gasteiger partial charge in [0.25, 0.3) is 0 Å². The molecule has 2 aromatic carbocycles. The van der Waals surface area contributed by atoms with Crippen molar-refractivity contribution >= 4 is 11.7 Å². The maximum absolute atomic E-state index is 14.0. The minimum absolute atomic E-state index is 0.140. The minimum Gasteiger partial charge on any atom is -0.394 e. The first-order chi connectivity index (χ1) is 16.8. The zero-order valence-corrected chi connectivity index (χ0v) is 20.6. The molecule has 0 aliphatic carbocycles. The fourth-order valence-electron chi connectivity index (χ4n) is 3.74. The molecule has 0 fully saturated rings. The molecular formula is C25H32F5N3O3. The predicted molar refractivity (Wildman–Crippen MR) is 126 cm³/mol. The molecule has 2 N–H and O–H groups in total. The highest BCUT2D eigenvalue weighted by Gasteiger charge is 2.30. The second kappa shape index (κ2) is 13.0. The SMILES string of the molecule is CO[C@@H](CN(C)Cc1cc(F)ccc1F)[C@H](C)CN(C(=O)Nc1ccc(C(F)(F)F)cc1)[C@H](C)CO. The second-order valence-electron chi connectivity index (χ2n) is 8.87. The van der Waals surface area contributed by atoms with Crippen molar-refractivity contribution in [3.63, 3.8) is 0 Å². The monoisotopic (exact) mass is 517 g/mol. The van der Waals surface area contributed by atoms with E-state index >= 15 is 0 Å². The van der Waals surface area contributed by atoms with Gasteiger partial charge in [-0.15, -0.1) is 0 Å². The van der Waals surface area contributed by atoms with Crippen molar-refractivity contribution in [2.24, 2.45) is 5.92 Å². The van der Waals surface area contributed by atoms with Gasteiger partial charge in [0.1, 0.15) is 11.6 Å². The molecule has 0 radical (unpaired) electrons. The van der Waals surface area contributed by atoms with Crippen LogP contribution in [0.4, 0.5) is 32.4 Å². The van der Waals surface area contributed by atoms with E-state index in [1.165, 1.54) is 12.0 Å². The minimum atomic E-state index is -4.49. The Bertz CT molecular complexity index is 988. The van der Waals surface area contributed by atoms with Gasteiger partial charge >= 0.3 is 12.2 Å². The third kappa shape index (κ3) is 8.42. The van der Waals surface area contributed by atoms with Crippen molar-refractivity contribution in [1.82, 2.24) is 9.80 Å². The van der Waals surface area contributed by atoms with Crippen LogP contribution in [0.15, 0.2) is 42.5 Å². The molecule has 11 heteroatoms. The molecule has 36 heavy (non-hydrogen) atoms. The predicted octanol–water partition coefficient (Wildman–Crippen LogP) is 4.98. The number of urea groups is 1. The summed E-state index contributed by atoms with van der Waals surface area (Å²) in [6.07, 6.45) is -4.89. The van der Waals surface area contributed by atoms with Crippen molar-refractivity contribution in [2.45, 2.75) is 38.7 Å². The lowest BCUT2D eigenvalue weighted by Gasteiger charge is -2.34. The summed E-state index contributed by atoms with van der Waals surface area (Å²) in [5.74, 6) is -1.31. The smallest absolute Gasteiger partial charge is 0.394 e. The van der Waals surface area contributed by atoms with E-state index in [0.717, 1.165) is 42.5 Å². The molecular weight excluding hydrogens is 485 g/mol. The molecule has 2 rings (SSSR count). The summed E-state index contributed by atoms with van der Waals surface area (Å²) in [7, 11) is 3.23. The lowest BCUT2D eigenvalue weighted by Crippen LogP contribution is -2.48. The standard InChI is InChI=1S/C25H32F5N3O3/c1-16(23(36-4)14-32(3)13-18-11-20(26)7-10-22(18)27)12-33(17(2)15-34)24(35)31-21-8-5-19(6-9-21)25(28,29)30/h5-11,16-17,23,34H,12-15H2,1-4H3,(H,31,35)/t16-,17-,23+/m1/s1. The number of amides is 2. The van der Waals surface area contributed by atoms with Crippen molar-refractivity contribution in [2.75, 3.05) is 39.2 Å². The van der Waals surface area contributed by atoms with E-state index in [1.807, 2.05) is 6.92 Å². The molecule has 0 heterocycles. The number of carbonyl (C=O) groups is 1. The first-order valence-electron chi connectivity index (χ1n) is 11.4. The Morgan fingerprint density at radius 1 is 1.08 bits per heavy atom. The Hall–Kier alpha value is -2.76. The number of benzene rings is 2. The lowest BCUT2D eigenvalue weighted by atomic mass is 10.0. The summed E-state index contributed by atoms with van der Waals surface area (Å²) in [6.45, 7) is 3.79. The van der Waals surface area contributed by atoms with Crippen LogP contribution in [0.2, 0.25) is 0 Å². The summed E-state index contributed by atoms with van der Waals surface area (Å²) in [6, 6.07) is 6.13. The highest BCUT2D eigenvalue weighted by Crippen LogP contribution is 2.30. The molecule has 0 spiro atoms. The van der Waals surface area contributed by atoms with Crippen molar-refractivity contribution in [3.8, 4) is 0 Å².